The second-order valence-corrected chi connectivity index (χ2v) is 7.57. The second-order valence-electron chi connectivity index (χ2n) is 6.20. The number of rotatable bonds is 6. The summed E-state index contributed by atoms with van der Waals surface area (Å²) in [5.41, 5.74) is 1.05. The van der Waals surface area contributed by atoms with Gasteiger partial charge in [-0.1, -0.05) is 28.1 Å². The lowest BCUT2D eigenvalue weighted by molar-refractivity contribution is -0.139. The molecule has 0 aliphatic rings. The van der Waals surface area contributed by atoms with Crippen LogP contribution in [0.3, 0.4) is 0 Å². The lowest BCUT2D eigenvalue weighted by Gasteiger charge is -2.22. The minimum absolute atomic E-state index is 0.133. The molecule has 0 radical (unpaired) electrons. The summed E-state index contributed by atoms with van der Waals surface area (Å²) in [6.07, 6.45) is -0.560. The van der Waals surface area contributed by atoms with Crippen LogP contribution in [0.1, 0.15) is 33.3 Å². The van der Waals surface area contributed by atoms with Gasteiger partial charge in [-0.15, -0.1) is 0 Å². The molecule has 6 nitrogen and oxygen atoms in total. The van der Waals surface area contributed by atoms with Crippen LogP contribution in [0.4, 0.5) is 10.5 Å². The first-order valence-electron chi connectivity index (χ1n) is 7.28. The van der Waals surface area contributed by atoms with E-state index in [4.69, 9.17) is 4.74 Å². The fourth-order valence-corrected chi connectivity index (χ4v) is 2.12. The number of amides is 1. The minimum atomic E-state index is -1.10. The Morgan fingerprint density at radius 3 is 2.26 bits per heavy atom. The lowest BCUT2D eigenvalue weighted by atomic mass is 10.1. The van der Waals surface area contributed by atoms with E-state index < -0.39 is 23.7 Å². The fourth-order valence-electron chi connectivity index (χ4n) is 1.85. The normalized spacial score (nSPS) is 13.8. The number of carbonyl (C=O) groups excluding carboxylic acids is 1. The molecule has 3 N–H and O–H groups in total. The molecule has 23 heavy (non-hydrogen) atoms. The fraction of sp³-hybridized carbons (Fsp3) is 0.500. The summed E-state index contributed by atoms with van der Waals surface area (Å²) in [5, 5.41) is 14.8. The van der Waals surface area contributed by atoms with Gasteiger partial charge in [-0.2, -0.15) is 0 Å². The number of benzene rings is 1. The first-order valence-corrected chi connectivity index (χ1v) is 8.20. The second kappa shape index (κ2) is 8.19. The van der Waals surface area contributed by atoms with E-state index >= 15 is 0 Å². The van der Waals surface area contributed by atoms with Gasteiger partial charge in [-0.25, -0.2) is 9.59 Å². The summed E-state index contributed by atoms with van der Waals surface area (Å²) >= 11 is 3.39. The van der Waals surface area contributed by atoms with E-state index in [2.05, 4.69) is 26.6 Å². The SMILES string of the molecule is CC(Br)Nc1ccc(CC(NC(=O)OC(C)(C)C)C(=O)O)cc1. The maximum absolute atomic E-state index is 11.7. The van der Waals surface area contributed by atoms with Crippen LogP contribution < -0.4 is 10.6 Å². The van der Waals surface area contributed by atoms with E-state index in [0.717, 1.165) is 11.3 Å². The van der Waals surface area contributed by atoms with Crippen LogP contribution in [0.2, 0.25) is 0 Å². The standard InChI is InChI=1S/C16H23BrN2O4/c1-10(17)18-12-7-5-11(6-8-12)9-13(14(20)21)19-15(22)23-16(2,3)4/h5-8,10,13,18H,9H2,1-4H3,(H,19,22)(H,20,21). The molecule has 0 fully saturated rings. The predicted octanol–water partition coefficient (Wildman–Crippen LogP) is 3.36. The third kappa shape index (κ3) is 7.88. The summed E-state index contributed by atoms with van der Waals surface area (Å²) in [6.45, 7) is 7.12. The Morgan fingerprint density at radius 1 is 1.26 bits per heavy atom. The molecule has 7 heteroatoms. The average molecular weight is 387 g/mol. The van der Waals surface area contributed by atoms with Crippen molar-refractivity contribution in [3.8, 4) is 0 Å². The molecule has 1 aromatic rings. The van der Waals surface area contributed by atoms with Gasteiger partial charge in [0.2, 0.25) is 0 Å². The summed E-state index contributed by atoms with van der Waals surface area (Å²) in [7, 11) is 0. The Balaban J connectivity index is 2.69. The minimum Gasteiger partial charge on any atom is -0.480 e. The largest absolute Gasteiger partial charge is 0.480 e. The number of anilines is 1. The van der Waals surface area contributed by atoms with Crippen LogP contribution in [-0.2, 0) is 16.0 Å². The molecule has 0 saturated heterocycles. The van der Waals surface area contributed by atoms with Crippen LogP contribution in [-0.4, -0.2) is 33.8 Å². The summed E-state index contributed by atoms with van der Waals surface area (Å²) < 4.78 is 5.09. The Kier molecular flexibility index (Phi) is 6.87. The van der Waals surface area contributed by atoms with Crippen molar-refractivity contribution in [1.82, 2.24) is 5.32 Å². The van der Waals surface area contributed by atoms with Gasteiger partial charge in [0.25, 0.3) is 0 Å². The molecule has 1 aromatic carbocycles. The average Bonchev–Trinajstić information content (AvgIpc) is 2.37. The van der Waals surface area contributed by atoms with Crippen molar-refractivity contribution in [3.05, 3.63) is 29.8 Å². The Labute approximate surface area is 144 Å². The van der Waals surface area contributed by atoms with Gasteiger partial charge in [0.05, 0.1) is 4.95 Å². The molecular weight excluding hydrogens is 364 g/mol. The Hall–Kier alpha value is -1.76. The summed E-state index contributed by atoms with van der Waals surface area (Å²) in [4.78, 5) is 23.2. The first-order chi connectivity index (χ1) is 10.6. The number of aliphatic carboxylic acids is 1. The van der Waals surface area contributed by atoms with E-state index in [-0.39, 0.29) is 11.4 Å². The maximum Gasteiger partial charge on any atom is 0.408 e. The number of carbonyl (C=O) groups is 2. The lowest BCUT2D eigenvalue weighted by Crippen LogP contribution is -2.44. The quantitative estimate of drug-likeness (QED) is 0.515. The number of halogens is 1. The van der Waals surface area contributed by atoms with Crippen molar-refractivity contribution in [1.29, 1.82) is 0 Å². The zero-order valence-corrected chi connectivity index (χ0v) is 15.3. The van der Waals surface area contributed by atoms with E-state index in [1.165, 1.54) is 0 Å². The van der Waals surface area contributed by atoms with Crippen LogP contribution in [0.25, 0.3) is 0 Å². The van der Waals surface area contributed by atoms with Crippen LogP contribution in [0.5, 0.6) is 0 Å². The number of carboxylic acid groups (broad SMARTS) is 1. The summed E-state index contributed by atoms with van der Waals surface area (Å²) in [6, 6.07) is 6.33. The first kappa shape index (κ1) is 19.3. The highest BCUT2D eigenvalue weighted by molar-refractivity contribution is 9.09. The number of alkyl halides is 1. The molecule has 128 valence electrons. The molecule has 0 heterocycles. The van der Waals surface area contributed by atoms with Crippen molar-refractivity contribution in [2.24, 2.45) is 0 Å². The summed E-state index contributed by atoms with van der Waals surface area (Å²) in [5.74, 6) is -1.10. The molecule has 0 aliphatic carbocycles. The number of hydrogen-bond donors (Lipinski definition) is 3. The molecule has 0 saturated carbocycles. The van der Waals surface area contributed by atoms with Gasteiger partial charge in [0.15, 0.2) is 0 Å². The van der Waals surface area contributed by atoms with Crippen molar-refractivity contribution in [2.45, 2.75) is 50.7 Å². The molecule has 1 rings (SSSR count). The predicted molar refractivity (Wildman–Crippen MR) is 93.0 cm³/mol. The van der Waals surface area contributed by atoms with Crippen molar-refractivity contribution in [2.75, 3.05) is 5.32 Å². The molecule has 0 bridgehead atoms. The van der Waals surface area contributed by atoms with Crippen molar-refractivity contribution in [3.63, 3.8) is 0 Å². The van der Waals surface area contributed by atoms with Crippen molar-refractivity contribution >= 4 is 33.7 Å². The van der Waals surface area contributed by atoms with Gasteiger partial charge in [0, 0.05) is 12.1 Å². The number of ether oxygens (including phenoxy) is 1. The zero-order valence-electron chi connectivity index (χ0n) is 13.7. The van der Waals surface area contributed by atoms with Crippen LogP contribution >= 0.6 is 15.9 Å². The van der Waals surface area contributed by atoms with E-state index in [9.17, 15) is 14.7 Å². The highest BCUT2D eigenvalue weighted by Gasteiger charge is 2.24. The number of alkyl carbamates (subject to hydrolysis) is 1. The van der Waals surface area contributed by atoms with E-state index in [1.807, 2.05) is 31.2 Å². The van der Waals surface area contributed by atoms with Gasteiger partial charge in [-0.3, -0.25) is 0 Å². The molecule has 0 spiro atoms. The Bertz CT molecular complexity index is 538. The zero-order chi connectivity index (χ0) is 17.6. The third-order valence-electron chi connectivity index (χ3n) is 2.75. The van der Waals surface area contributed by atoms with Gasteiger partial charge in [-0.05, 0) is 45.4 Å². The van der Waals surface area contributed by atoms with E-state index in [1.54, 1.807) is 20.8 Å². The van der Waals surface area contributed by atoms with Crippen LogP contribution in [0.15, 0.2) is 24.3 Å². The molecule has 1 amide bonds. The molecular formula is C16H23BrN2O4. The van der Waals surface area contributed by atoms with Gasteiger partial charge >= 0.3 is 12.1 Å². The Morgan fingerprint density at radius 2 is 1.83 bits per heavy atom. The molecule has 0 aliphatic heterocycles. The van der Waals surface area contributed by atoms with Crippen LogP contribution in [0, 0.1) is 0 Å². The number of carboxylic acids is 1. The molecule has 0 aromatic heterocycles. The molecule has 2 atom stereocenters. The van der Waals surface area contributed by atoms with E-state index in [0.29, 0.717) is 0 Å². The smallest absolute Gasteiger partial charge is 0.408 e. The monoisotopic (exact) mass is 386 g/mol. The third-order valence-corrected chi connectivity index (χ3v) is 2.98. The van der Waals surface area contributed by atoms with Gasteiger partial charge in [0.1, 0.15) is 11.6 Å². The highest BCUT2D eigenvalue weighted by atomic mass is 79.9. The topological polar surface area (TPSA) is 87.7 Å². The maximum atomic E-state index is 11.7. The number of nitrogens with one attached hydrogen (secondary N) is 2. The van der Waals surface area contributed by atoms with Crippen molar-refractivity contribution < 1.29 is 19.4 Å². The number of hydrogen-bond acceptors (Lipinski definition) is 4. The molecule has 2 unspecified atom stereocenters. The highest BCUT2D eigenvalue weighted by Crippen LogP contribution is 2.14. The van der Waals surface area contributed by atoms with Gasteiger partial charge < -0.3 is 20.5 Å².